The molecule has 0 amide bonds. The Kier molecular flexibility index (Phi) is 5.87. The van der Waals surface area contributed by atoms with Gasteiger partial charge in [0, 0.05) is 51.9 Å². The molecule has 3 heterocycles. The summed E-state index contributed by atoms with van der Waals surface area (Å²) >= 11 is 0. The highest BCUT2D eigenvalue weighted by molar-refractivity contribution is 5.80. The van der Waals surface area contributed by atoms with E-state index < -0.39 is 0 Å². The largest absolute Gasteiger partial charge is 0.472 e. The van der Waals surface area contributed by atoms with Crippen molar-refractivity contribution in [1.29, 1.82) is 0 Å². The minimum atomic E-state index is 0.149. The van der Waals surface area contributed by atoms with Gasteiger partial charge in [0.25, 0.3) is 0 Å². The van der Waals surface area contributed by atoms with Crippen LogP contribution in [-0.4, -0.2) is 86.4 Å². The van der Waals surface area contributed by atoms with Gasteiger partial charge >= 0.3 is 0 Å². The molecule has 0 aliphatic carbocycles. The Morgan fingerprint density at radius 3 is 3.08 bits per heavy atom. The third-order valence-corrected chi connectivity index (χ3v) is 4.41. The van der Waals surface area contributed by atoms with Crippen LogP contribution in [0.3, 0.4) is 0 Å². The fourth-order valence-electron chi connectivity index (χ4n) is 3.13. The highest BCUT2D eigenvalue weighted by atomic mass is 16.5. The van der Waals surface area contributed by atoms with Crippen LogP contribution in [0.4, 0.5) is 0 Å². The van der Waals surface area contributed by atoms with Crippen molar-refractivity contribution in [3.8, 4) is 5.88 Å². The molecule has 1 aromatic rings. The highest BCUT2D eigenvalue weighted by Crippen LogP contribution is 2.16. The molecule has 2 aliphatic rings. The molecule has 2 fully saturated rings. The number of hydrogen-bond acceptors (Lipinski definition) is 5. The van der Waals surface area contributed by atoms with Gasteiger partial charge in [0.1, 0.15) is 6.10 Å². The van der Waals surface area contributed by atoms with E-state index in [-0.39, 0.29) is 12.2 Å². The summed E-state index contributed by atoms with van der Waals surface area (Å²) in [7, 11) is 3.95. The number of hydrogen-bond donors (Lipinski definition) is 1. The van der Waals surface area contributed by atoms with Crippen LogP contribution in [0.1, 0.15) is 6.42 Å². The molecule has 3 rings (SSSR count). The summed E-state index contributed by atoms with van der Waals surface area (Å²) in [5.74, 6) is 1.60. The second-order valence-electron chi connectivity index (χ2n) is 6.33. The van der Waals surface area contributed by atoms with Crippen molar-refractivity contribution in [3.63, 3.8) is 0 Å². The van der Waals surface area contributed by atoms with Gasteiger partial charge in [-0.1, -0.05) is 6.07 Å². The highest BCUT2D eigenvalue weighted by Gasteiger charge is 2.27. The number of guanidine groups is 1. The lowest BCUT2D eigenvalue weighted by Gasteiger charge is -2.31. The van der Waals surface area contributed by atoms with Crippen molar-refractivity contribution in [2.75, 3.05) is 53.4 Å². The van der Waals surface area contributed by atoms with E-state index in [1.807, 2.05) is 25.2 Å². The molecule has 2 saturated heterocycles. The zero-order valence-corrected chi connectivity index (χ0v) is 14.5. The lowest BCUT2D eigenvalue weighted by molar-refractivity contribution is -0.0163. The van der Waals surface area contributed by atoms with Gasteiger partial charge in [-0.15, -0.1) is 0 Å². The summed E-state index contributed by atoms with van der Waals surface area (Å²) < 4.78 is 11.7. The molecule has 2 unspecified atom stereocenters. The van der Waals surface area contributed by atoms with Crippen LogP contribution in [-0.2, 0) is 4.74 Å². The molecule has 0 saturated carbocycles. The topological polar surface area (TPSA) is 62.2 Å². The first kappa shape index (κ1) is 17.0. The normalized spacial score (nSPS) is 25.8. The zero-order valence-electron chi connectivity index (χ0n) is 14.5. The summed E-state index contributed by atoms with van der Waals surface area (Å²) in [5, 5.41) is 3.44. The smallest absolute Gasteiger partial charge is 0.213 e. The Labute approximate surface area is 143 Å². The molecular weight excluding hydrogens is 306 g/mol. The van der Waals surface area contributed by atoms with Crippen LogP contribution < -0.4 is 10.1 Å². The number of likely N-dealkylation sites (tertiary alicyclic amines) is 1. The molecule has 0 bridgehead atoms. The monoisotopic (exact) mass is 333 g/mol. The minimum absolute atomic E-state index is 0.149. The van der Waals surface area contributed by atoms with E-state index >= 15 is 0 Å². The van der Waals surface area contributed by atoms with Crippen LogP contribution in [0.25, 0.3) is 0 Å². The number of aromatic nitrogens is 1. The van der Waals surface area contributed by atoms with Gasteiger partial charge in [0.2, 0.25) is 5.88 Å². The molecule has 1 N–H and O–H groups in total. The summed E-state index contributed by atoms with van der Waals surface area (Å²) in [5.41, 5.74) is 0. The van der Waals surface area contributed by atoms with E-state index in [0.29, 0.717) is 5.88 Å². The van der Waals surface area contributed by atoms with Gasteiger partial charge in [-0.2, -0.15) is 0 Å². The second kappa shape index (κ2) is 8.30. The molecule has 7 heteroatoms. The zero-order chi connectivity index (χ0) is 16.8. The fraction of sp³-hybridized carbons (Fsp3) is 0.647. The molecule has 7 nitrogen and oxygen atoms in total. The maximum absolute atomic E-state index is 5.94. The van der Waals surface area contributed by atoms with E-state index in [2.05, 4.69) is 32.1 Å². The third-order valence-electron chi connectivity index (χ3n) is 4.41. The van der Waals surface area contributed by atoms with E-state index in [1.165, 1.54) is 0 Å². The van der Waals surface area contributed by atoms with Crippen molar-refractivity contribution < 1.29 is 9.47 Å². The maximum Gasteiger partial charge on any atom is 0.213 e. The molecule has 24 heavy (non-hydrogen) atoms. The first-order valence-electron chi connectivity index (χ1n) is 8.58. The number of aliphatic imine (C=N–C) groups is 1. The van der Waals surface area contributed by atoms with Gasteiger partial charge < -0.3 is 24.6 Å². The molecule has 0 aromatic carbocycles. The first-order valence-corrected chi connectivity index (χ1v) is 8.58. The molecule has 2 atom stereocenters. The molecular formula is C17H27N5O2. The fourth-order valence-corrected chi connectivity index (χ4v) is 3.13. The Hall–Kier alpha value is -1.86. The number of nitrogens with zero attached hydrogens (tertiary/aromatic N) is 4. The SMILES string of the molecule is CN=C(NCC1CN(C)CCO1)N1CCC(Oc2ccccn2)C1. The predicted octanol–water partition coefficient (Wildman–Crippen LogP) is 0.441. The lowest BCUT2D eigenvalue weighted by atomic mass is 10.3. The number of pyridine rings is 1. The standard InChI is InChI=1S/C17H27N5O2/c1-18-17(20-11-15-12-21(2)9-10-23-15)22-8-6-14(13-22)24-16-5-3-4-7-19-16/h3-5,7,14-15H,6,8-13H2,1-2H3,(H,18,20). The molecule has 1 aromatic heterocycles. The van der Waals surface area contributed by atoms with E-state index in [4.69, 9.17) is 9.47 Å². The number of ether oxygens (including phenoxy) is 2. The second-order valence-corrected chi connectivity index (χ2v) is 6.33. The van der Waals surface area contributed by atoms with Crippen LogP contribution in [0.2, 0.25) is 0 Å². The minimum Gasteiger partial charge on any atom is -0.472 e. The Bertz CT molecular complexity index is 539. The number of morpholine rings is 1. The Balaban J connectivity index is 1.46. The third kappa shape index (κ3) is 4.58. The van der Waals surface area contributed by atoms with E-state index in [9.17, 15) is 0 Å². The van der Waals surface area contributed by atoms with Crippen LogP contribution in [0.5, 0.6) is 5.88 Å². The molecule has 0 spiro atoms. The average Bonchev–Trinajstić information content (AvgIpc) is 3.05. The summed E-state index contributed by atoms with van der Waals surface area (Å²) in [6, 6.07) is 5.73. The molecule has 2 aliphatic heterocycles. The van der Waals surface area contributed by atoms with Crippen LogP contribution >= 0.6 is 0 Å². The van der Waals surface area contributed by atoms with Gasteiger partial charge in [0.15, 0.2) is 5.96 Å². The van der Waals surface area contributed by atoms with Crippen LogP contribution in [0.15, 0.2) is 29.4 Å². The van der Waals surface area contributed by atoms with Crippen molar-refractivity contribution >= 4 is 5.96 Å². The lowest BCUT2D eigenvalue weighted by Crippen LogP contribution is -2.49. The average molecular weight is 333 g/mol. The summed E-state index contributed by atoms with van der Waals surface area (Å²) in [4.78, 5) is 13.2. The van der Waals surface area contributed by atoms with Gasteiger partial charge in [-0.05, 0) is 13.1 Å². The van der Waals surface area contributed by atoms with Gasteiger partial charge in [-0.25, -0.2) is 4.98 Å². The van der Waals surface area contributed by atoms with Crippen molar-refractivity contribution in [2.24, 2.45) is 4.99 Å². The maximum atomic E-state index is 5.94. The Morgan fingerprint density at radius 2 is 2.33 bits per heavy atom. The number of likely N-dealkylation sites (N-methyl/N-ethyl adjacent to an activating group) is 1. The van der Waals surface area contributed by atoms with Crippen molar-refractivity contribution in [1.82, 2.24) is 20.1 Å². The number of rotatable bonds is 4. The van der Waals surface area contributed by atoms with E-state index in [0.717, 1.165) is 51.7 Å². The Morgan fingerprint density at radius 1 is 1.42 bits per heavy atom. The van der Waals surface area contributed by atoms with Gasteiger partial charge in [0.05, 0.1) is 19.3 Å². The van der Waals surface area contributed by atoms with Crippen molar-refractivity contribution in [3.05, 3.63) is 24.4 Å². The molecule has 132 valence electrons. The predicted molar refractivity (Wildman–Crippen MR) is 93.4 cm³/mol. The molecule has 0 radical (unpaired) electrons. The number of nitrogens with one attached hydrogen (secondary N) is 1. The first-order chi connectivity index (χ1) is 11.7. The van der Waals surface area contributed by atoms with E-state index in [1.54, 1.807) is 6.20 Å². The summed E-state index contributed by atoms with van der Waals surface area (Å²) in [6.45, 7) is 5.29. The van der Waals surface area contributed by atoms with Crippen LogP contribution in [0, 0.1) is 0 Å². The van der Waals surface area contributed by atoms with Gasteiger partial charge in [-0.3, -0.25) is 4.99 Å². The summed E-state index contributed by atoms with van der Waals surface area (Å²) in [6.07, 6.45) is 3.09. The van der Waals surface area contributed by atoms with Crippen molar-refractivity contribution in [2.45, 2.75) is 18.6 Å². The quantitative estimate of drug-likeness (QED) is 0.637.